The summed E-state index contributed by atoms with van der Waals surface area (Å²) in [4.78, 5) is 0. The molecule has 0 atom stereocenters. The molecule has 0 unspecified atom stereocenters. The van der Waals surface area contributed by atoms with Crippen LogP contribution in [-0.2, 0) is 6.42 Å². The summed E-state index contributed by atoms with van der Waals surface area (Å²) in [5.74, 6) is -15.2. The van der Waals surface area contributed by atoms with Crippen molar-refractivity contribution in [3.05, 3.63) is 106 Å². The minimum absolute atomic E-state index is 0.114. The average Bonchev–Trinajstić information content (AvgIpc) is 3.19. The molecule has 0 nitrogen and oxygen atoms in total. The van der Waals surface area contributed by atoms with Crippen LogP contribution >= 0.6 is 0 Å². The van der Waals surface area contributed by atoms with Gasteiger partial charge in [0.1, 0.15) is 0 Å². The quantitative estimate of drug-likeness (QED) is 0.143. The zero-order chi connectivity index (χ0) is 23.6. The monoisotopic (exact) mass is 462 g/mol. The lowest BCUT2D eigenvalue weighted by molar-refractivity contribution is 0.410. The third-order valence-corrected chi connectivity index (χ3v) is 5.75. The lowest BCUT2D eigenvalue weighted by atomic mass is 9.87. The van der Waals surface area contributed by atoms with Crippen LogP contribution in [0.25, 0.3) is 33.4 Å². The van der Waals surface area contributed by atoms with Gasteiger partial charge in [-0.2, -0.15) is 0 Å². The molecule has 1 aliphatic carbocycles. The summed E-state index contributed by atoms with van der Waals surface area (Å²) < 4.78 is 113. The topological polar surface area (TPSA) is 0 Å². The van der Waals surface area contributed by atoms with Crippen LogP contribution in [0.1, 0.15) is 11.1 Å². The van der Waals surface area contributed by atoms with Gasteiger partial charge in [0.2, 0.25) is 0 Å². The maximum absolute atomic E-state index is 14.9. The van der Waals surface area contributed by atoms with Crippen molar-refractivity contribution >= 4 is 0 Å². The Morgan fingerprint density at radius 3 is 1.67 bits per heavy atom. The Balaban J connectivity index is 1.91. The zero-order valence-electron chi connectivity index (χ0n) is 16.3. The fraction of sp³-hybridized carbons (Fsp3) is 0.0400. The molecule has 33 heavy (non-hydrogen) atoms. The summed E-state index contributed by atoms with van der Waals surface area (Å²) in [5, 5.41) is 0. The van der Waals surface area contributed by atoms with E-state index in [2.05, 4.69) is 0 Å². The summed E-state index contributed by atoms with van der Waals surface area (Å²) in [5.41, 5.74) is 0.0664. The molecule has 0 heterocycles. The van der Waals surface area contributed by atoms with Crippen LogP contribution in [-0.4, -0.2) is 0 Å². The van der Waals surface area contributed by atoms with Gasteiger partial charge in [-0.1, -0.05) is 36.4 Å². The molecule has 0 spiro atoms. The molecule has 5 rings (SSSR count). The number of hydrogen-bond acceptors (Lipinski definition) is 0. The Bertz CT molecular complexity index is 1470. The van der Waals surface area contributed by atoms with Crippen molar-refractivity contribution in [2.45, 2.75) is 6.42 Å². The standard InChI is InChI=1S/C25H10F8/c26-17-8-15(20(28)24(32)22(17)30)13-6-5-12-11-4-2-1-3-10(11)7-14(12)19(13)16-9-18(27)23(31)25(33)21(16)29/h1-6,8-9H,7H2. The van der Waals surface area contributed by atoms with E-state index in [0.717, 1.165) is 5.56 Å². The van der Waals surface area contributed by atoms with E-state index >= 15 is 0 Å². The van der Waals surface area contributed by atoms with E-state index < -0.39 is 57.7 Å². The van der Waals surface area contributed by atoms with Crippen molar-refractivity contribution in [1.82, 2.24) is 0 Å². The molecule has 4 aromatic carbocycles. The highest BCUT2D eigenvalue weighted by Crippen LogP contribution is 2.47. The molecule has 0 bridgehead atoms. The molecule has 0 amide bonds. The van der Waals surface area contributed by atoms with E-state index in [1.807, 2.05) is 0 Å². The highest BCUT2D eigenvalue weighted by molar-refractivity contribution is 5.94. The molecule has 0 saturated carbocycles. The normalized spacial score (nSPS) is 12.1. The van der Waals surface area contributed by atoms with Gasteiger partial charge in [-0.3, -0.25) is 0 Å². The first kappa shape index (κ1) is 21.2. The predicted octanol–water partition coefficient (Wildman–Crippen LogP) is 7.70. The van der Waals surface area contributed by atoms with E-state index in [9.17, 15) is 35.1 Å². The van der Waals surface area contributed by atoms with Crippen molar-refractivity contribution in [3.63, 3.8) is 0 Å². The van der Waals surface area contributed by atoms with Crippen molar-refractivity contribution in [3.8, 4) is 33.4 Å². The number of halogens is 8. The Labute approximate surface area is 181 Å². The van der Waals surface area contributed by atoms with Gasteiger partial charge in [0.15, 0.2) is 46.5 Å². The number of benzene rings is 4. The molecule has 0 aromatic heterocycles. The highest BCUT2D eigenvalue weighted by Gasteiger charge is 2.30. The average molecular weight is 462 g/mol. The van der Waals surface area contributed by atoms with Crippen LogP contribution in [0, 0.1) is 46.5 Å². The van der Waals surface area contributed by atoms with Crippen LogP contribution in [0.15, 0.2) is 48.5 Å². The summed E-state index contributed by atoms with van der Waals surface area (Å²) in [7, 11) is 0. The predicted molar refractivity (Wildman–Crippen MR) is 105 cm³/mol. The SMILES string of the molecule is Fc1cc(-c2ccc3c(c2-c2cc(F)c(F)c(F)c2F)Cc2ccccc2-3)c(F)c(F)c1F. The molecule has 4 aromatic rings. The molecule has 0 saturated heterocycles. The van der Waals surface area contributed by atoms with Gasteiger partial charge in [-0.15, -0.1) is 0 Å². The lowest BCUT2D eigenvalue weighted by Crippen LogP contribution is -2.04. The summed E-state index contributed by atoms with van der Waals surface area (Å²) >= 11 is 0. The smallest absolute Gasteiger partial charge is 0.198 e. The first-order valence-electron chi connectivity index (χ1n) is 9.61. The lowest BCUT2D eigenvalue weighted by Gasteiger charge is -2.18. The molecule has 0 fully saturated rings. The van der Waals surface area contributed by atoms with Crippen LogP contribution < -0.4 is 0 Å². The zero-order valence-corrected chi connectivity index (χ0v) is 16.3. The van der Waals surface area contributed by atoms with Crippen LogP contribution in [0.3, 0.4) is 0 Å². The second-order valence-electron chi connectivity index (χ2n) is 7.54. The van der Waals surface area contributed by atoms with Gasteiger partial charge >= 0.3 is 0 Å². The second-order valence-corrected chi connectivity index (χ2v) is 7.54. The molecular weight excluding hydrogens is 452 g/mol. The third-order valence-electron chi connectivity index (χ3n) is 5.75. The maximum Gasteiger partial charge on any atom is 0.198 e. The minimum atomic E-state index is -2.10. The molecule has 0 aliphatic heterocycles. The highest BCUT2D eigenvalue weighted by atomic mass is 19.2. The summed E-state index contributed by atoms with van der Waals surface area (Å²) in [6.45, 7) is 0. The molecule has 166 valence electrons. The van der Waals surface area contributed by atoms with Gasteiger partial charge in [-0.25, -0.2) is 35.1 Å². The molecule has 0 radical (unpaired) electrons. The van der Waals surface area contributed by atoms with Crippen LogP contribution in [0.4, 0.5) is 35.1 Å². The van der Waals surface area contributed by atoms with E-state index in [1.165, 1.54) is 12.1 Å². The summed E-state index contributed by atoms with van der Waals surface area (Å²) in [6.07, 6.45) is 0.114. The van der Waals surface area contributed by atoms with Crippen LogP contribution in [0.5, 0.6) is 0 Å². The molecule has 1 aliphatic rings. The number of rotatable bonds is 2. The number of hydrogen-bond donors (Lipinski definition) is 0. The Morgan fingerprint density at radius 2 is 1.00 bits per heavy atom. The van der Waals surface area contributed by atoms with E-state index in [4.69, 9.17) is 0 Å². The van der Waals surface area contributed by atoms with Gasteiger partial charge in [0, 0.05) is 11.1 Å². The fourth-order valence-corrected chi connectivity index (χ4v) is 4.27. The second kappa shape index (κ2) is 7.43. The fourth-order valence-electron chi connectivity index (χ4n) is 4.27. The maximum atomic E-state index is 14.9. The van der Waals surface area contributed by atoms with E-state index in [0.29, 0.717) is 23.3 Å². The van der Waals surface area contributed by atoms with Crippen LogP contribution in [0.2, 0.25) is 0 Å². The third kappa shape index (κ3) is 3.04. The Morgan fingerprint density at radius 1 is 0.455 bits per heavy atom. The van der Waals surface area contributed by atoms with Gasteiger partial charge in [0.25, 0.3) is 0 Å². The molecule has 8 heteroatoms. The first-order chi connectivity index (χ1) is 15.7. The minimum Gasteiger partial charge on any atom is -0.204 e. The largest absolute Gasteiger partial charge is 0.204 e. The van der Waals surface area contributed by atoms with E-state index in [1.54, 1.807) is 24.3 Å². The van der Waals surface area contributed by atoms with Gasteiger partial charge in [-0.05, 0) is 51.9 Å². The Kier molecular flexibility index (Phi) is 4.77. The van der Waals surface area contributed by atoms with Gasteiger partial charge < -0.3 is 0 Å². The molecule has 0 N–H and O–H groups in total. The van der Waals surface area contributed by atoms with Crippen molar-refractivity contribution in [1.29, 1.82) is 0 Å². The van der Waals surface area contributed by atoms with Crippen molar-refractivity contribution < 1.29 is 35.1 Å². The van der Waals surface area contributed by atoms with Gasteiger partial charge in [0.05, 0.1) is 0 Å². The van der Waals surface area contributed by atoms with Crippen molar-refractivity contribution in [2.75, 3.05) is 0 Å². The van der Waals surface area contributed by atoms with Crippen molar-refractivity contribution in [2.24, 2.45) is 0 Å². The van der Waals surface area contributed by atoms with E-state index in [-0.39, 0.29) is 23.1 Å². The number of fused-ring (bicyclic) bond motifs is 3. The Hall–Kier alpha value is -3.68. The molecular formula is C25H10F8. The first-order valence-corrected chi connectivity index (χ1v) is 9.61. The summed E-state index contributed by atoms with van der Waals surface area (Å²) in [6, 6.07) is 10.4.